The summed E-state index contributed by atoms with van der Waals surface area (Å²) in [7, 11) is 2.18. The van der Waals surface area contributed by atoms with Crippen LogP contribution >= 0.6 is 0 Å². The van der Waals surface area contributed by atoms with Crippen molar-refractivity contribution in [3.63, 3.8) is 0 Å². The lowest BCUT2D eigenvalue weighted by atomic mass is 9.67. The van der Waals surface area contributed by atoms with Crippen LogP contribution in [0.5, 0.6) is 0 Å². The highest BCUT2D eigenvalue weighted by molar-refractivity contribution is 5.84. The number of hydrogen-bond acceptors (Lipinski definition) is 5. The number of carbonyl (C=O) groups excluding carboxylic acids is 1. The fourth-order valence-corrected chi connectivity index (χ4v) is 5.56. The summed E-state index contributed by atoms with van der Waals surface area (Å²) in [6.45, 7) is 8.52. The predicted octanol–water partition coefficient (Wildman–Crippen LogP) is 3.19. The predicted molar refractivity (Wildman–Crippen MR) is 114 cm³/mol. The Kier molecular flexibility index (Phi) is 6.11. The summed E-state index contributed by atoms with van der Waals surface area (Å²) in [5.41, 5.74) is 3.28. The van der Waals surface area contributed by atoms with E-state index in [4.69, 9.17) is 4.52 Å². The molecule has 0 spiro atoms. The van der Waals surface area contributed by atoms with Gasteiger partial charge in [-0.05, 0) is 78.9 Å². The maximum Gasteiger partial charge on any atom is 0.228 e. The monoisotopic (exact) mass is 400 g/mol. The normalized spacial score (nSPS) is 28.7. The number of amides is 1. The van der Waals surface area contributed by atoms with Crippen molar-refractivity contribution < 1.29 is 9.32 Å². The number of carbonyl (C=O) groups is 1. The quantitative estimate of drug-likeness (QED) is 0.769. The van der Waals surface area contributed by atoms with E-state index in [9.17, 15) is 4.79 Å². The molecule has 1 N–H and O–H groups in total. The van der Waals surface area contributed by atoms with Crippen molar-refractivity contribution in [3.05, 3.63) is 28.7 Å². The summed E-state index contributed by atoms with van der Waals surface area (Å²) in [5, 5.41) is 7.48. The highest BCUT2D eigenvalue weighted by Gasteiger charge is 2.52. The van der Waals surface area contributed by atoms with Gasteiger partial charge in [0.2, 0.25) is 5.91 Å². The molecule has 6 nitrogen and oxygen atoms in total. The summed E-state index contributed by atoms with van der Waals surface area (Å²) in [6.07, 6.45) is 10.2. The molecule has 29 heavy (non-hydrogen) atoms. The van der Waals surface area contributed by atoms with E-state index in [0.717, 1.165) is 76.3 Å². The third-order valence-electron chi connectivity index (χ3n) is 7.43. The molecule has 0 aromatic carbocycles. The number of nitrogens with one attached hydrogen (secondary N) is 1. The van der Waals surface area contributed by atoms with Gasteiger partial charge in [-0.3, -0.25) is 9.69 Å². The molecule has 0 bridgehead atoms. The molecule has 0 radical (unpaired) electrons. The van der Waals surface area contributed by atoms with Crippen LogP contribution in [-0.2, 0) is 11.3 Å². The summed E-state index contributed by atoms with van der Waals surface area (Å²) in [6, 6.07) is 0.240. The van der Waals surface area contributed by atoms with Gasteiger partial charge in [0.25, 0.3) is 0 Å². The molecule has 1 aromatic rings. The second-order valence-electron chi connectivity index (χ2n) is 9.35. The number of aryl methyl sites for hydroxylation is 2. The third-order valence-corrected chi connectivity index (χ3v) is 7.43. The van der Waals surface area contributed by atoms with Crippen LogP contribution in [0.3, 0.4) is 0 Å². The van der Waals surface area contributed by atoms with E-state index >= 15 is 0 Å². The first-order chi connectivity index (χ1) is 14.0. The molecule has 3 heterocycles. The van der Waals surface area contributed by atoms with Gasteiger partial charge in [0.1, 0.15) is 5.76 Å². The molecular formula is C23H36N4O2. The zero-order chi connectivity index (χ0) is 20.4. The standard InChI is InChI=1S/C23H36N4O2/c1-17-20(18(2)29-25-17)15-27-12-7-10-23(11-13-26(3)16-21(23)27)22(28)24-14-19-8-5-4-6-9-19/h8,21H,4-7,9-16H2,1-3H3,(H,24,28)/t21-,23+/m0/s1. The molecule has 160 valence electrons. The summed E-state index contributed by atoms with van der Waals surface area (Å²) < 4.78 is 5.40. The Morgan fingerprint density at radius 2 is 2.14 bits per heavy atom. The Labute approximate surface area is 174 Å². The number of likely N-dealkylation sites (N-methyl/N-ethyl adjacent to an activating group) is 1. The highest BCUT2D eigenvalue weighted by atomic mass is 16.5. The zero-order valence-corrected chi connectivity index (χ0v) is 18.3. The highest BCUT2D eigenvalue weighted by Crippen LogP contribution is 2.43. The number of hydrogen-bond donors (Lipinski definition) is 1. The molecule has 2 fully saturated rings. The van der Waals surface area contributed by atoms with Crippen LogP contribution in [0.4, 0.5) is 0 Å². The zero-order valence-electron chi connectivity index (χ0n) is 18.3. The summed E-state index contributed by atoms with van der Waals surface area (Å²) in [4.78, 5) is 18.5. The second-order valence-corrected chi connectivity index (χ2v) is 9.35. The molecule has 0 saturated carbocycles. The van der Waals surface area contributed by atoms with Crippen LogP contribution in [0.1, 0.15) is 62.0 Å². The van der Waals surface area contributed by atoms with E-state index in [2.05, 4.69) is 33.4 Å². The molecule has 1 amide bonds. The van der Waals surface area contributed by atoms with Gasteiger partial charge in [-0.2, -0.15) is 0 Å². The van der Waals surface area contributed by atoms with Crippen molar-refractivity contribution in [2.75, 3.05) is 33.2 Å². The molecular weight excluding hydrogens is 364 g/mol. The van der Waals surface area contributed by atoms with Gasteiger partial charge in [0.05, 0.1) is 11.1 Å². The first kappa shape index (κ1) is 20.6. The molecule has 3 aliphatic rings. The minimum absolute atomic E-state index is 0.240. The van der Waals surface area contributed by atoms with E-state index < -0.39 is 0 Å². The van der Waals surface area contributed by atoms with E-state index in [1.807, 2.05) is 13.8 Å². The second kappa shape index (κ2) is 8.60. The lowest BCUT2D eigenvalue weighted by molar-refractivity contribution is -0.144. The lowest BCUT2D eigenvalue weighted by Gasteiger charge is -2.53. The number of fused-ring (bicyclic) bond motifs is 1. The maximum atomic E-state index is 13.6. The third kappa shape index (κ3) is 4.15. The molecule has 1 aromatic heterocycles. The van der Waals surface area contributed by atoms with Crippen LogP contribution in [0.2, 0.25) is 0 Å². The van der Waals surface area contributed by atoms with E-state index in [0.29, 0.717) is 0 Å². The maximum absolute atomic E-state index is 13.6. The van der Waals surface area contributed by atoms with E-state index in [-0.39, 0.29) is 17.4 Å². The van der Waals surface area contributed by atoms with Crippen molar-refractivity contribution in [1.82, 2.24) is 20.3 Å². The Balaban J connectivity index is 1.53. The fraction of sp³-hybridized carbons (Fsp3) is 0.739. The lowest BCUT2D eigenvalue weighted by Crippen LogP contribution is -2.65. The van der Waals surface area contributed by atoms with Gasteiger partial charge >= 0.3 is 0 Å². The molecule has 6 heteroatoms. The number of likely N-dealkylation sites (tertiary alicyclic amines) is 2. The Morgan fingerprint density at radius 3 is 2.86 bits per heavy atom. The van der Waals surface area contributed by atoms with Crippen molar-refractivity contribution in [3.8, 4) is 0 Å². The minimum Gasteiger partial charge on any atom is -0.361 e. The van der Waals surface area contributed by atoms with Gasteiger partial charge < -0.3 is 14.7 Å². The van der Waals surface area contributed by atoms with Crippen LogP contribution < -0.4 is 5.32 Å². The Morgan fingerprint density at radius 1 is 1.28 bits per heavy atom. The first-order valence-electron chi connectivity index (χ1n) is 11.3. The van der Waals surface area contributed by atoms with Gasteiger partial charge in [0.15, 0.2) is 0 Å². The average Bonchev–Trinajstić information content (AvgIpc) is 3.05. The van der Waals surface area contributed by atoms with E-state index in [1.54, 1.807) is 0 Å². The van der Waals surface area contributed by atoms with Crippen LogP contribution in [0.25, 0.3) is 0 Å². The molecule has 2 saturated heterocycles. The molecule has 4 rings (SSSR count). The number of rotatable bonds is 5. The Bertz CT molecular complexity index is 751. The summed E-state index contributed by atoms with van der Waals surface area (Å²) in [5.74, 6) is 1.17. The first-order valence-corrected chi connectivity index (χ1v) is 11.3. The van der Waals surface area contributed by atoms with Gasteiger partial charge in [-0.25, -0.2) is 0 Å². The summed E-state index contributed by atoms with van der Waals surface area (Å²) >= 11 is 0. The average molecular weight is 401 g/mol. The van der Waals surface area contributed by atoms with Crippen LogP contribution in [0.15, 0.2) is 16.2 Å². The smallest absolute Gasteiger partial charge is 0.228 e. The largest absolute Gasteiger partial charge is 0.361 e. The number of aromatic nitrogens is 1. The Hall–Kier alpha value is -1.66. The van der Waals surface area contributed by atoms with Gasteiger partial charge in [-0.1, -0.05) is 16.8 Å². The molecule has 1 aliphatic carbocycles. The topological polar surface area (TPSA) is 61.6 Å². The van der Waals surface area contributed by atoms with Crippen LogP contribution in [0, 0.1) is 19.3 Å². The molecule has 2 aliphatic heterocycles. The number of piperidine rings is 2. The van der Waals surface area contributed by atoms with Crippen LogP contribution in [-0.4, -0.2) is 60.1 Å². The molecule has 2 atom stereocenters. The number of allylic oxidation sites excluding steroid dienone is 1. The van der Waals surface area contributed by atoms with Crippen molar-refractivity contribution in [1.29, 1.82) is 0 Å². The van der Waals surface area contributed by atoms with Crippen molar-refractivity contribution >= 4 is 5.91 Å². The SMILES string of the molecule is Cc1noc(C)c1CN1CCC[C@@]2(C(=O)NCC3=CCCCC3)CCN(C)C[C@H]12. The van der Waals surface area contributed by atoms with Crippen molar-refractivity contribution in [2.24, 2.45) is 5.41 Å². The van der Waals surface area contributed by atoms with E-state index in [1.165, 1.54) is 24.0 Å². The van der Waals surface area contributed by atoms with Crippen molar-refractivity contribution in [2.45, 2.75) is 71.4 Å². The van der Waals surface area contributed by atoms with Gasteiger partial charge in [-0.15, -0.1) is 0 Å². The van der Waals surface area contributed by atoms with Gasteiger partial charge in [0, 0.05) is 31.2 Å². The fourth-order valence-electron chi connectivity index (χ4n) is 5.56. The molecule has 0 unspecified atom stereocenters. The number of nitrogens with zero attached hydrogens (tertiary/aromatic N) is 3. The minimum atomic E-state index is -0.279.